The zero-order valence-electron chi connectivity index (χ0n) is 17.2. The van der Waals surface area contributed by atoms with Crippen LogP contribution in [0.2, 0.25) is 0 Å². The molecule has 0 fully saturated rings. The van der Waals surface area contributed by atoms with Crippen LogP contribution in [0.5, 0.6) is 5.75 Å². The van der Waals surface area contributed by atoms with E-state index >= 15 is 0 Å². The molecule has 0 saturated carbocycles. The summed E-state index contributed by atoms with van der Waals surface area (Å²) in [4.78, 5) is 27.8. The van der Waals surface area contributed by atoms with Crippen LogP contribution in [0.25, 0.3) is 10.9 Å². The zero-order chi connectivity index (χ0) is 20.7. The lowest BCUT2D eigenvalue weighted by Gasteiger charge is -2.30. The monoisotopic (exact) mass is 391 g/mol. The number of nitrogens with zero attached hydrogens (tertiary/aromatic N) is 2. The quantitative estimate of drug-likeness (QED) is 0.724. The van der Waals surface area contributed by atoms with Gasteiger partial charge in [0.2, 0.25) is 0 Å². The third kappa shape index (κ3) is 3.35. The van der Waals surface area contributed by atoms with Gasteiger partial charge < -0.3 is 19.5 Å². The van der Waals surface area contributed by atoms with Crippen molar-refractivity contribution in [3.63, 3.8) is 0 Å². The smallest absolute Gasteiger partial charge is 0.322 e. The molecule has 0 radical (unpaired) electrons. The standard InChI is InChI=1S/C23H25N3O3/c1-14-10-15(2)21-18(11-14)22(27)19-13-26(9-8-20(19)25(21)3)23(28)24-16-6-5-7-17(12-16)29-4/h5-7,10-12H,8-9,13H2,1-4H3,(H,24,28). The van der Waals surface area contributed by atoms with Crippen LogP contribution in [-0.2, 0) is 20.0 Å². The van der Waals surface area contributed by atoms with Crippen molar-refractivity contribution >= 4 is 22.6 Å². The van der Waals surface area contributed by atoms with Crippen LogP contribution in [0, 0.1) is 13.8 Å². The molecular formula is C23H25N3O3. The molecule has 1 aromatic heterocycles. The molecule has 0 aliphatic carbocycles. The number of rotatable bonds is 2. The second-order valence-corrected chi connectivity index (χ2v) is 7.63. The maximum atomic E-state index is 13.3. The molecule has 3 aromatic rings. The molecule has 0 spiro atoms. The molecule has 2 amide bonds. The Hall–Kier alpha value is -3.28. The van der Waals surface area contributed by atoms with E-state index in [9.17, 15) is 9.59 Å². The van der Waals surface area contributed by atoms with E-state index in [2.05, 4.69) is 16.0 Å². The molecule has 2 aromatic carbocycles. The maximum Gasteiger partial charge on any atom is 0.322 e. The number of aryl methyl sites for hydroxylation is 3. The van der Waals surface area contributed by atoms with E-state index in [0.29, 0.717) is 36.5 Å². The summed E-state index contributed by atoms with van der Waals surface area (Å²) in [7, 11) is 3.60. The van der Waals surface area contributed by atoms with Gasteiger partial charge in [-0.25, -0.2) is 4.79 Å². The first kappa shape index (κ1) is 19.1. The fourth-order valence-corrected chi connectivity index (χ4v) is 4.28. The van der Waals surface area contributed by atoms with Crippen LogP contribution < -0.4 is 15.5 Å². The van der Waals surface area contributed by atoms with Crippen LogP contribution in [0.1, 0.15) is 22.4 Å². The molecule has 0 bridgehead atoms. The number of anilines is 1. The number of fused-ring (bicyclic) bond motifs is 2. The first-order chi connectivity index (χ1) is 13.9. The number of ether oxygens (including phenoxy) is 1. The van der Waals surface area contributed by atoms with Crippen LogP contribution in [0.3, 0.4) is 0 Å². The minimum absolute atomic E-state index is 0.0266. The summed E-state index contributed by atoms with van der Waals surface area (Å²) in [6.45, 7) is 4.91. The lowest BCUT2D eigenvalue weighted by atomic mass is 9.98. The highest BCUT2D eigenvalue weighted by molar-refractivity contribution is 5.90. The highest BCUT2D eigenvalue weighted by Gasteiger charge is 2.26. The third-order valence-electron chi connectivity index (χ3n) is 5.63. The molecule has 1 aliphatic heterocycles. The first-order valence-electron chi connectivity index (χ1n) is 9.70. The molecule has 6 heteroatoms. The Balaban J connectivity index is 1.67. The highest BCUT2D eigenvalue weighted by atomic mass is 16.5. The molecule has 1 N–H and O–H groups in total. The molecule has 0 atom stereocenters. The molecule has 0 unspecified atom stereocenters. The molecule has 150 valence electrons. The van der Waals surface area contributed by atoms with Crippen molar-refractivity contribution in [3.8, 4) is 5.75 Å². The van der Waals surface area contributed by atoms with Gasteiger partial charge in [0.25, 0.3) is 0 Å². The van der Waals surface area contributed by atoms with Crippen molar-refractivity contribution in [2.24, 2.45) is 7.05 Å². The van der Waals surface area contributed by atoms with Gasteiger partial charge in [0.05, 0.1) is 19.2 Å². The van der Waals surface area contributed by atoms with E-state index in [0.717, 1.165) is 27.7 Å². The topological polar surface area (TPSA) is 63.6 Å². The number of carbonyl (C=O) groups is 1. The summed E-state index contributed by atoms with van der Waals surface area (Å²) in [5, 5.41) is 3.63. The van der Waals surface area contributed by atoms with E-state index in [1.165, 1.54) is 0 Å². The number of methoxy groups -OCH3 is 1. The summed E-state index contributed by atoms with van der Waals surface area (Å²) >= 11 is 0. The van der Waals surface area contributed by atoms with E-state index in [1.807, 2.05) is 45.2 Å². The normalized spacial score (nSPS) is 13.3. The lowest BCUT2D eigenvalue weighted by molar-refractivity contribution is 0.205. The van der Waals surface area contributed by atoms with Gasteiger partial charge in [-0.05, 0) is 43.2 Å². The molecular weight excluding hydrogens is 366 g/mol. The summed E-state index contributed by atoms with van der Waals surface area (Å²) in [5.41, 5.74) is 5.55. The second kappa shape index (κ2) is 7.28. The molecule has 1 aliphatic rings. The fourth-order valence-electron chi connectivity index (χ4n) is 4.28. The summed E-state index contributed by atoms with van der Waals surface area (Å²) in [6, 6.07) is 11.1. The number of hydrogen-bond acceptors (Lipinski definition) is 3. The Labute approximate surface area is 169 Å². The number of pyridine rings is 1. The Bertz CT molecular complexity index is 1180. The minimum Gasteiger partial charge on any atom is -0.497 e. The van der Waals surface area contributed by atoms with Crippen molar-refractivity contribution in [1.82, 2.24) is 9.47 Å². The minimum atomic E-state index is -0.216. The lowest BCUT2D eigenvalue weighted by Crippen LogP contribution is -2.42. The van der Waals surface area contributed by atoms with Gasteiger partial charge in [-0.3, -0.25) is 4.79 Å². The summed E-state index contributed by atoms with van der Waals surface area (Å²) < 4.78 is 7.33. The van der Waals surface area contributed by atoms with Gasteiger partial charge in [-0.1, -0.05) is 12.1 Å². The van der Waals surface area contributed by atoms with Crippen molar-refractivity contribution in [3.05, 3.63) is 69.0 Å². The number of nitrogens with one attached hydrogen (secondary N) is 1. The van der Waals surface area contributed by atoms with Gasteiger partial charge in [0.1, 0.15) is 5.75 Å². The van der Waals surface area contributed by atoms with Crippen LogP contribution >= 0.6 is 0 Å². The number of carbonyl (C=O) groups excluding carboxylic acids is 1. The van der Waals surface area contributed by atoms with E-state index in [-0.39, 0.29) is 11.5 Å². The third-order valence-corrected chi connectivity index (χ3v) is 5.63. The van der Waals surface area contributed by atoms with E-state index in [4.69, 9.17) is 4.74 Å². The van der Waals surface area contributed by atoms with Gasteiger partial charge in [-0.2, -0.15) is 0 Å². The Morgan fingerprint density at radius 2 is 1.97 bits per heavy atom. The Morgan fingerprint density at radius 1 is 1.17 bits per heavy atom. The van der Waals surface area contributed by atoms with E-state index < -0.39 is 0 Å². The average molecular weight is 391 g/mol. The van der Waals surface area contributed by atoms with Crippen LogP contribution in [0.4, 0.5) is 10.5 Å². The number of amides is 2. The van der Waals surface area contributed by atoms with Crippen LogP contribution in [-0.4, -0.2) is 29.2 Å². The van der Waals surface area contributed by atoms with Crippen molar-refractivity contribution in [2.75, 3.05) is 19.0 Å². The first-order valence-corrected chi connectivity index (χ1v) is 9.70. The number of benzene rings is 2. The highest BCUT2D eigenvalue weighted by Crippen LogP contribution is 2.25. The predicted molar refractivity (Wildman–Crippen MR) is 115 cm³/mol. The molecule has 2 heterocycles. The van der Waals surface area contributed by atoms with Gasteiger partial charge in [0.15, 0.2) is 5.43 Å². The molecule has 29 heavy (non-hydrogen) atoms. The summed E-state index contributed by atoms with van der Waals surface area (Å²) in [6.07, 6.45) is 0.649. The summed E-state index contributed by atoms with van der Waals surface area (Å²) in [5.74, 6) is 0.679. The second-order valence-electron chi connectivity index (χ2n) is 7.63. The van der Waals surface area contributed by atoms with E-state index in [1.54, 1.807) is 18.1 Å². The van der Waals surface area contributed by atoms with Crippen molar-refractivity contribution in [1.29, 1.82) is 0 Å². The van der Waals surface area contributed by atoms with Crippen molar-refractivity contribution in [2.45, 2.75) is 26.8 Å². The Kier molecular flexibility index (Phi) is 4.78. The van der Waals surface area contributed by atoms with Gasteiger partial charge >= 0.3 is 6.03 Å². The predicted octanol–water partition coefficient (Wildman–Crippen LogP) is 3.75. The number of urea groups is 1. The fraction of sp³-hybridized carbons (Fsp3) is 0.304. The van der Waals surface area contributed by atoms with Crippen molar-refractivity contribution < 1.29 is 9.53 Å². The van der Waals surface area contributed by atoms with Gasteiger partial charge in [0, 0.05) is 48.4 Å². The molecule has 0 saturated heterocycles. The number of aromatic nitrogens is 1. The largest absolute Gasteiger partial charge is 0.497 e. The number of hydrogen-bond donors (Lipinski definition) is 1. The average Bonchev–Trinajstić information content (AvgIpc) is 2.71. The Morgan fingerprint density at radius 3 is 2.72 bits per heavy atom. The van der Waals surface area contributed by atoms with Crippen LogP contribution in [0.15, 0.2) is 41.2 Å². The molecule has 4 rings (SSSR count). The molecule has 6 nitrogen and oxygen atoms in total. The zero-order valence-corrected chi connectivity index (χ0v) is 17.2. The SMILES string of the molecule is COc1cccc(NC(=O)N2CCc3c(c(=O)c4cc(C)cc(C)c4n3C)C2)c1. The van der Waals surface area contributed by atoms with Gasteiger partial charge in [-0.15, -0.1) is 0 Å². The maximum absolute atomic E-state index is 13.3.